The summed E-state index contributed by atoms with van der Waals surface area (Å²) in [4.78, 5) is 20.3. The fourth-order valence-corrected chi connectivity index (χ4v) is 2.71. The van der Waals surface area contributed by atoms with Crippen LogP contribution in [0.2, 0.25) is 0 Å². The van der Waals surface area contributed by atoms with Crippen molar-refractivity contribution in [2.45, 2.75) is 39.3 Å². The van der Waals surface area contributed by atoms with E-state index in [1.54, 1.807) is 23.0 Å². The first-order valence-corrected chi connectivity index (χ1v) is 9.09. The van der Waals surface area contributed by atoms with Crippen LogP contribution in [-0.2, 0) is 17.9 Å². The Morgan fingerprint density at radius 2 is 2.04 bits per heavy atom. The molecule has 0 fully saturated rings. The summed E-state index contributed by atoms with van der Waals surface area (Å²) in [6.45, 7) is 3.62. The molecule has 0 saturated heterocycles. The molecule has 7 nitrogen and oxygen atoms in total. The van der Waals surface area contributed by atoms with Crippen LogP contribution in [0.4, 0.5) is 10.2 Å². The summed E-state index contributed by atoms with van der Waals surface area (Å²) >= 11 is 0. The third-order valence-electron chi connectivity index (χ3n) is 4.21. The van der Waals surface area contributed by atoms with E-state index in [0.29, 0.717) is 37.5 Å². The predicted octanol–water partition coefficient (Wildman–Crippen LogP) is 2.88. The zero-order valence-corrected chi connectivity index (χ0v) is 15.3. The minimum Gasteiger partial charge on any atom is -0.365 e. The molecule has 8 heteroatoms. The summed E-state index contributed by atoms with van der Waals surface area (Å²) in [5.41, 5.74) is 1.65. The van der Waals surface area contributed by atoms with Gasteiger partial charge in [0.05, 0.1) is 18.1 Å². The highest BCUT2D eigenvalue weighted by Crippen LogP contribution is 2.19. The van der Waals surface area contributed by atoms with Crippen molar-refractivity contribution in [2.75, 3.05) is 11.9 Å². The SMILES string of the molecule is CCCCC(=O)NCCn1ncc2c(NCc3ccc(F)cc3)ncnc21. The molecule has 142 valence electrons. The van der Waals surface area contributed by atoms with Crippen LogP contribution in [-0.4, -0.2) is 32.2 Å². The fraction of sp³-hybridized carbons (Fsp3) is 0.368. The number of rotatable bonds is 9. The van der Waals surface area contributed by atoms with Gasteiger partial charge in [0, 0.05) is 19.5 Å². The van der Waals surface area contributed by atoms with E-state index in [-0.39, 0.29) is 11.7 Å². The van der Waals surface area contributed by atoms with Gasteiger partial charge in [-0.15, -0.1) is 0 Å². The number of halogens is 1. The average Bonchev–Trinajstić information content (AvgIpc) is 3.10. The summed E-state index contributed by atoms with van der Waals surface area (Å²) in [6, 6.07) is 6.32. The van der Waals surface area contributed by atoms with Gasteiger partial charge in [0.25, 0.3) is 0 Å². The van der Waals surface area contributed by atoms with Gasteiger partial charge in [0.1, 0.15) is 18.0 Å². The standard InChI is InChI=1S/C19H23FN6O/c1-2-3-4-17(27)21-9-10-26-19-16(12-25-26)18(23-13-24-19)22-11-14-5-7-15(20)8-6-14/h5-8,12-13H,2-4,9-11H2,1H3,(H,21,27)(H,22,23,24). The average molecular weight is 370 g/mol. The van der Waals surface area contributed by atoms with Gasteiger partial charge < -0.3 is 10.6 Å². The van der Waals surface area contributed by atoms with Gasteiger partial charge in [-0.1, -0.05) is 25.5 Å². The number of fused-ring (bicyclic) bond motifs is 1. The minimum atomic E-state index is -0.258. The molecule has 2 aromatic heterocycles. The van der Waals surface area contributed by atoms with Crippen LogP contribution in [0.15, 0.2) is 36.8 Å². The Morgan fingerprint density at radius 1 is 1.22 bits per heavy atom. The molecule has 2 N–H and O–H groups in total. The second kappa shape index (κ2) is 9.07. The van der Waals surface area contributed by atoms with E-state index in [0.717, 1.165) is 23.8 Å². The maximum absolute atomic E-state index is 13.0. The molecule has 0 bridgehead atoms. The Bertz CT molecular complexity index is 893. The van der Waals surface area contributed by atoms with Crippen molar-refractivity contribution in [3.05, 3.63) is 48.2 Å². The zero-order chi connectivity index (χ0) is 19.1. The largest absolute Gasteiger partial charge is 0.365 e. The number of amides is 1. The van der Waals surface area contributed by atoms with Crippen molar-refractivity contribution in [2.24, 2.45) is 0 Å². The van der Waals surface area contributed by atoms with E-state index in [1.807, 2.05) is 0 Å². The Morgan fingerprint density at radius 3 is 2.81 bits per heavy atom. The summed E-state index contributed by atoms with van der Waals surface area (Å²) in [6.07, 6.45) is 5.64. The lowest BCUT2D eigenvalue weighted by atomic mass is 10.2. The Hall–Kier alpha value is -3.03. The Balaban J connectivity index is 1.62. The number of hydrogen-bond donors (Lipinski definition) is 2. The van der Waals surface area contributed by atoms with Gasteiger partial charge in [-0.2, -0.15) is 5.10 Å². The summed E-state index contributed by atoms with van der Waals surface area (Å²) < 4.78 is 14.7. The smallest absolute Gasteiger partial charge is 0.220 e. The first-order valence-electron chi connectivity index (χ1n) is 9.09. The van der Waals surface area contributed by atoms with Crippen molar-refractivity contribution in [1.29, 1.82) is 0 Å². The molecule has 3 rings (SSSR count). The second-order valence-electron chi connectivity index (χ2n) is 6.26. The van der Waals surface area contributed by atoms with Crippen LogP contribution < -0.4 is 10.6 Å². The van der Waals surface area contributed by atoms with Crippen LogP contribution >= 0.6 is 0 Å². The van der Waals surface area contributed by atoms with Crippen LogP contribution in [0.5, 0.6) is 0 Å². The van der Waals surface area contributed by atoms with Gasteiger partial charge in [-0.3, -0.25) is 4.79 Å². The zero-order valence-electron chi connectivity index (χ0n) is 15.3. The van der Waals surface area contributed by atoms with Crippen molar-refractivity contribution < 1.29 is 9.18 Å². The van der Waals surface area contributed by atoms with Crippen LogP contribution in [0.25, 0.3) is 11.0 Å². The van der Waals surface area contributed by atoms with Crippen LogP contribution in [0.1, 0.15) is 31.7 Å². The lowest BCUT2D eigenvalue weighted by Gasteiger charge is -2.08. The number of unbranched alkanes of at least 4 members (excludes halogenated alkanes) is 1. The number of nitrogens with zero attached hydrogens (tertiary/aromatic N) is 4. The van der Waals surface area contributed by atoms with E-state index < -0.39 is 0 Å². The van der Waals surface area contributed by atoms with E-state index in [2.05, 4.69) is 32.6 Å². The van der Waals surface area contributed by atoms with Gasteiger partial charge >= 0.3 is 0 Å². The molecule has 0 spiro atoms. The number of carbonyl (C=O) groups is 1. The number of hydrogen-bond acceptors (Lipinski definition) is 5. The molecule has 0 aliphatic carbocycles. The van der Waals surface area contributed by atoms with Crippen LogP contribution in [0, 0.1) is 5.82 Å². The van der Waals surface area contributed by atoms with E-state index >= 15 is 0 Å². The topological polar surface area (TPSA) is 84.7 Å². The summed E-state index contributed by atoms with van der Waals surface area (Å²) in [5, 5.41) is 11.3. The molecule has 1 amide bonds. The highest BCUT2D eigenvalue weighted by atomic mass is 19.1. The van der Waals surface area contributed by atoms with Crippen molar-refractivity contribution in [3.8, 4) is 0 Å². The number of nitrogens with one attached hydrogen (secondary N) is 2. The molecule has 0 radical (unpaired) electrons. The second-order valence-corrected chi connectivity index (χ2v) is 6.26. The van der Waals surface area contributed by atoms with Gasteiger partial charge in [0.2, 0.25) is 5.91 Å². The Kier molecular flexibility index (Phi) is 6.30. The molecular weight excluding hydrogens is 347 g/mol. The minimum absolute atomic E-state index is 0.0598. The number of carbonyl (C=O) groups excluding carboxylic acids is 1. The fourth-order valence-electron chi connectivity index (χ4n) is 2.71. The highest BCUT2D eigenvalue weighted by Gasteiger charge is 2.10. The number of anilines is 1. The van der Waals surface area contributed by atoms with E-state index in [4.69, 9.17) is 0 Å². The molecule has 0 aliphatic rings. The summed E-state index contributed by atoms with van der Waals surface area (Å²) in [5.74, 6) is 0.471. The molecular formula is C19H23FN6O. The van der Waals surface area contributed by atoms with Gasteiger partial charge in [-0.25, -0.2) is 19.0 Å². The lowest BCUT2D eigenvalue weighted by molar-refractivity contribution is -0.121. The Labute approximate surface area is 157 Å². The molecule has 3 aromatic rings. The van der Waals surface area contributed by atoms with Crippen molar-refractivity contribution in [1.82, 2.24) is 25.1 Å². The quantitative estimate of drug-likeness (QED) is 0.605. The third-order valence-corrected chi connectivity index (χ3v) is 4.21. The molecule has 0 unspecified atom stereocenters. The van der Waals surface area contributed by atoms with E-state index in [9.17, 15) is 9.18 Å². The third kappa shape index (κ3) is 4.99. The molecule has 1 aromatic carbocycles. The molecule has 0 saturated carbocycles. The van der Waals surface area contributed by atoms with Gasteiger partial charge in [0.15, 0.2) is 5.65 Å². The van der Waals surface area contributed by atoms with Crippen molar-refractivity contribution in [3.63, 3.8) is 0 Å². The maximum Gasteiger partial charge on any atom is 0.220 e. The monoisotopic (exact) mass is 370 g/mol. The highest BCUT2D eigenvalue weighted by molar-refractivity contribution is 5.86. The first-order chi connectivity index (χ1) is 13.2. The predicted molar refractivity (Wildman–Crippen MR) is 102 cm³/mol. The van der Waals surface area contributed by atoms with Gasteiger partial charge in [-0.05, 0) is 24.1 Å². The lowest BCUT2D eigenvalue weighted by Crippen LogP contribution is -2.27. The molecule has 2 heterocycles. The normalized spacial score (nSPS) is 10.9. The van der Waals surface area contributed by atoms with Crippen molar-refractivity contribution >= 4 is 22.8 Å². The molecule has 0 aliphatic heterocycles. The molecule has 27 heavy (non-hydrogen) atoms. The first kappa shape index (κ1) is 18.8. The van der Waals surface area contributed by atoms with Crippen LogP contribution in [0.3, 0.4) is 0 Å². The maximum atomic E-state index is 13.0. The number of aromatic nitrogens is 4. The summed E-state index contributed by atoms with van der Waals surface area (Å²) in [7, 11) is 0. The molecule has 0 atom stereocenters. The van der Waals surface area contributed by atoms with E-state index in [1.165, 1.54) is 18.5 Å². The number of benzene rings is 1.